The number of aromatic nitrogens is 3. The molecule has 0 aliphatic carbocycles. The average Bonchev–Trinajstić information content (AvgIpc) is 2.42. The summed E-state index contributed by atoms with van der Waals surface area (Å²) in [7, 11) is 0. The van der Waals surface area contributed by atoms with Crippen molar-refractivity contribution in [3.8, 4) is 0 Å². The first-order chi connectivity index (χ1) is 6.81. The second-order valence-electron chi connectivity index (χ2n) is 5.50. The molecule has 0 bridgehead atoms. The maximum atomic E-state index is 5.23. The molecule has 0 atom stereocenters. The van der Waals surface area contributed by atoms with Crippen LogP contribution in [-0.2, 0) is 6.54 Å². The Morgan fingerprint density at radius 1 is 1.40 bits per heavy atom. The van der Waals surface area contributed by atoms with Crippen LogP contribution in [-0.4, -0.2) is 14.8 Å². The molecule has 0 aliphatic heterocycles. The minimum Gasteiger partial charge on any atom is -0.304 e. The van der Waals surface area contributed by atoms with Gasteiger partial charge in [0.2, 0.25) is 0 Å². The van der Waals surface area contributed by atoms with Crippen LogP contribution in [0.25, 0.3) is 0 Å². The highest BCUT2D eigenvalue weighted by Gasteiger charge is 2.14. The van der Waals surface area contributed by atoms with Gasteiger partial charge in [-0.1, -0.05) is 34.6 Å². The zero-order valence-electron chi connectivity index (χ0n) is 10.3. The number of rotatable bonds is 3. The number of H-pyrrole nitrogens is 1. The van der Waals surface area contributed by atoms with Crippen LogP contribution in [0.4, 0.5) is 0 Å². The molecule has 0 radical (unpaired) electrons. The van der Waals surface area contributed by atoms with Crippen molar-refractivity contribution in [1.82, 2.24) is 14.8 Å². The number of nitrogens with one attached hydrogen (secondary N) is 1. The first-order valence-corrected chi connectivity index (χ1v) is 5.87. The quantitative estimate of drug-likeness (QED) is 0.802. The molecule has 0 saturated carbocycles. The lowest BCUT2D eigenvalue weighted by molar-refractivity contribution is 0.345. The molecule has 3 nitrogen and oxygen atoms in total. The average molecular weight is 227 g/mol. The molecule has 4 heteroatoms. The fourth-order valence-electron chi connectivity index (χ4n) is 1.43. The Hall–Kier alpha value is -0.640. The van der Waals surface area contributed by atoms with Crippen molar-refractivity contribution < 1.29 is 0 Å². The topological polar surface area (TPSA) is 33.6 Å². The highest BCUT2D eigenvalue weighted by atomic mass is 32.1. The molecule has 0 aliphatic rings. The van der Waals surface area contributed by atoms with E-state index in [0.29, 0.717) is 11.3 Å². The van der Waals surface area contributed by atoms with Gasteiger partial charge in [0.25, 0.3) is 0 Å². The zero-order chi connectivity index (χ0) is 11.6. The SMILES string of the molecule is CC(C)c1n[nH]c(=S)n1CCC(C)(C)C. The number of aromatic amines is 1. The van der Waals surface area contributed by atoms with Crippen molar-refractivity contribution in [3.63, 3.8) is 0 Å². The summed E-state index contributed by atoms with van der Waals surface area (Å²) in [4.78, 5) is 0. The Kier molecular flexibility index (Phi) is 3.71. The number of nitrogens with zero attached hydrogens (tertiary/aromatic N) is 2. The Morgan fingerprint density at radius 3 is 2.47 bits per heavy atom. The van der Waals surface area contributed by atoms with E-state index in [-0.39, 0.29) is 0 Å². The van der Waals surface area contributed by atoms with Crippen LogP contribution >= 0.6 is 12.2 Å². The van der Waals surface area contributed by atoms with E-state index < -0.39 is 0 Å². The third-order valence-corrected chi connectivity index (χ3v) is 2.70. The normalized spacial score (nSPS) is 12.4. The van der Waals surface area contributed by atoms with Crippen LogP contribution in [0.1, 0.15) is 52.8 Å². The van der Waals surface area contributed by atoms with Gasteiger partial charge in [0.15, 0.2) is 4.77 Å². The van der Waals surface area contributed by atoms with Gasteiger partial charge in [0.1, 0.15) is 5.82 Å². The second kappa shape index (κ2) is 4.47. The molecule has 1 aromatic rings. The zero-order valence-corrected chi connectivity index (χ0v) is 11.1. The van der Waals surface area contributed by atoms with Crippen LogP contribution in [0.5, 0.6) is 0 Å². The van der Waals surface area contributed by atoms with Crippen LogP contribution in [0.2, 0.25) is 0 Å². The molecule has 0 fully saturated rings. The smallest absolute Gasteiger partial charge is 0.195 e. The molecule has 1 N–H and O–H groups in total. The summed E-state index contributed by atoms with van der Waals surface area (Å²) in [5.41, 5.74) is 0.334. The van der Waals surface area contributed by atoms with E-state index in [9.17, 15) is 0 Å². The molecule has 0 saturated heterocycles. The standard InChI is InChI=1S/C11H21N3S/c1-8(2)9-12-13-10(15)14(9)7-6-11(3,4)5/h8H,6-7H2,1-5H3,(H,13,15). The van der Waals surface area contributed by atoms with Gasteiger partial charge in [0.05, 0.1) is 0 Å². The molecule has 0 amide bonds. The molecular weight excluding hydrogens is 206 g/mol. The van der Waals surface area contributed by atoms with E-state index in [4.69, 9.17) is 12.2 Å². The van der Waals surface area contributed by atoms with E-state index in [1.807, 2.05) is 0 Å². The van der Waals surface area contributed by atoms with Gasteiger partial charge in [-0.25, -0.2) is 0 Å². The van der Waals surface area contributed by atoms with Crippen LogP contribution in [0.15, 0.2) is 0 Å². The van der Waals surface area contributed by atoms with Crippen molar-refractivity contribution >= 4 is 12.2 Å². The van der Waals surface area contributed by atoms with Gasteiger partial charge in [-0.3, -0.25) is 5.10 Å². The molecule has 86 valence electrons. The minimum atomic E-state index is 0.334. The predicted octanol–water partition coefficient (Wildman–Crippen LogP) is 3.50. The van der Waals surface area contributed by atoms with Crippen molar-refractivity contribution in [1.29, 1.82) is 0 Å². The predicted molar refractivity (Wildman–Crippen MR) is 65.6 cm³/mol. The summed E-state index contributed by atoms with van der Waals surface area (Å²) in [6.07, 6.45) is 1.11. The van der Waals surface area contributed by atoms with Crippen molar-refractivity contribution in [2.24, 2.45) is 5.41 Å². The van der Waals surface area contributed by atoms with Crippen molar-refractivity contribution in [2.45, 2.75) is 53.5 Å². The fraction of sp³-hybridized carbons (Fsp3) is 0.818. The monoisotopic (exact) mass is 227 g/mol. The van der Waals surface area contributed by atoms with Crippen molar-refractivity contribution in [3.05, 3.63) is 10.6 Å². The lowest BCUT2D eigenvalue weighted by Gasteiger charge is -2.19. The van der Waals surface area contributed by atoms with E-state index in [2.05, 4.69) is 49.4 Å². The third-order valence-electron chi connectivity index (χ3n) is 2.39. The molecule has 1 heterocycles. The molecule has 0 unspecified atom stereocenters. The van der Waals surface area contributed by atoms with Gasteiger partial charge >= 0.3 is 0 Å². The summed E-state index contributed by atoms with van der Waals surface area (Å²) in [5, 5.41) is 7.13. The molecule has 0 spiro atoms. The maximum Gasteiger partial charge on any atom is 0.195 e. The second-order valence-corrected chi connectivity index (χ2v) is 5.89. The molecule has 0 aromatic carbocycles. The van der Waals surface area contributed by atoms with E-state index in [1.54, 1.807) is 0 Å². The number of hydrogen-bond donors (Lipinski definition) is 1. The highest BCUT2D eigenvalue weighted by Crippen LogP contribution is 2.21. The van der Waals surface area contributed by atoms with Crippen LogP contribution < -0.4 is 0 Å². The van der Waals surface area contributed by atoms with Crippen LogP contribution in [0.3, 0.4) is 0 Å². The van der Waals surface area contributed by atoms with Gasteiger partial charge in [0, 0.05) is 12.5 Å². The van der Waals surface area contributed by atoms with E-state index in [1.165, 1.54) is 0 Å². The van der Waals surface area contributed by atoms with Crippen LogP contribution in [0, 0.1) is 10.2 Å². The Labute approximate surface area is 96.9 Å². The third kappa shape index (κ3) is 3.45. The van der Waals surface area contributed by atoms with Gasteiger partial charge < -0.3 is 4.57 Å². The molecule has 15 heavy (non-hydrogen) atoms. The largest absolute Gasteiger partial charge is 0.304 e. The van der Waals surface area contributed by atoms with E-state index >= 15 is 0 Å². The fourth-order valence-corrected chi connectivity index (χ4v) is 1.66. The Morgan fingerprint density at radius 2 is 2.00 bits per heavy atom. The van der Waals surface area contributed by atoms with Gasteiger partial charge in [-0.15, -0.1) is 0 Å². The lowest BCUT2D eigenvalue weighted by atomic mass is 9.92. The Bertz CT molecular complexity index is 368. The minimum absolute atomic E-state index is 0.334. The Balaban J connectivity index is 2.84. The number of hydrogen-bond acceptors (Lipinski definition) is 2. The molecular formula is C11H21N3S. The molecule has 1 rings (SSSR count). The highest BCUT2D eigenvalue weighted by molar-refractivity contribution is 7.71. The lowest BCUT2D eigenvalue weighted by Crippen LogP contribution is -2.13. The first kappa shape index (κ1) is 12.4. The first-order valence-electron chi connectivity index (χ1n) is 5.46. The maximum absolute atomic E-state index is 5.23. The summed E-state index contributed by atoms with van der Waals surface area (Å²) in [5.74, 6) is 1.47. The molecule has 1 aromatic heterocycles. The summed E-state index contributed by atoms with van der Waals surface area (Å²) in [6.45, 7) is 12.0. The van der Waals surface area contributed by atoms with E-state index in [0.717, 1.165) is 23.6 Å². The summed E-state index contributed by atoms with van der Waals surface area (Å²) < 4.78 is 2.86. The van der Waals surface area contributed by atoms with Gasteiger partial charge in [-0.05, 0) is 24.1 Å². The summed E-state index contributed by atoms with van der Waals surface area (Å²) >= 11 is 5.23. The van der Waals surface area contributed by atoms with Crippen molar-refractivity contribution in [2.75, 3.05) is 0 Å². The van der Waals surface area contributed by atoms with Gasteiger partial charge in [-0.2, -0.15) is 5.10 Å². The summed E-state index contributed by atoms with van der Waals surface area (Å²) in [6, 6.07) is 0.